The van der Waals surface area contributed by atoms with Gasteiger partial charge in [0.1, 0.15) is 22.5 Å². The van der Waals surface area contributed by atoms with E-state index < -0.39 is 0 Å². The van der Waals surface area contributed by atoms with E-state index in [0.717, 1.165) is 11.1 Å². The van der Waals surface area contributed by atoms with Gasteiger partial charge < -0.3 is 5.32 Å². The van der Waals surface area contributed by atoms with Crippen LogP contribution in [0.4, 0.5) is 10.2 Å². The Bertz CT molecular complexity index is 1500. The monoisotopic (exact) mass is 458 g/mol. The molecule has 0 radical (unpaired) electrons. The third-order valence-corrected chi connectivity index (χ3v) is 5.31. The Balaban J connectivity index is 1.58. The highest BCUT2D eigenvalue weighted by Gasteiger charge is 2.18. The Labute approximate surface area is 192 Å². The van der Waals surface area contributed by atoms with E-state index in [0.29, 0.717) is 39.1 Å². The number of amides is 1. The van der Waals surface area contributed by atoms with Crippen molar-refractivity contribution in [3.63, 3.8) is 0 Å². The molecule has 5 rings (SSSR count). The van der Waals surface area contributed by atoms with Crippen molar-refractivity contribution in [3.05, 3.63) is 95.3 Å². The molecule has 0 saturated carbocycles. The lowest BCUT2D eigenvalue weighted by Gasteiger charge is -2.09. The van der Waals surface area contributed by atoms with Crippen LogP contribution in [-0.2, 0) is 0 Å². The number of carbonyl (C=O) groups excluding carboxylic acids is 1. The largest absolute Gasteiger partial charge is 0.306 e. The zero-order valence-corrected chi connectivity index (χ0v) is 18.1. The maximum absolute atomic E-state index is 13.9. The topological polar surface area (TPSA) is 85.1 Å². The summed E-state index contributed by atoms with van der Waals surface area (Å²) in [4.78, 5) is 25.5. The molecule has 7 nitrogen and oxygen atoms in total. The van der Waals surface area contributed by atoms with Crippen LogP contribution in [0.5, 0.6) is 0 Å². The summed E-state index contributed by atoms with van der Waals surface area (Å²) in [6.07, 6.45) is 4.65. The van der Waals surface area contributed by atoms with Crippen molar-refractivity contribution in [1.29, 1.82) is 0 Å². The van der Waals surface area contributed by atoms with Gasteiger partial charge in [-0.05, 0) is 67.1 Å². The molecule has 1 N–H and O–H groups in total. The van der Waals surface area contributed by atoms with Gasteiger partial charge in [-0.2, -0.15) is 5.10 Å². The average molecular weight is 459 g/mol. The maximum Gasteiger partial charge on any atom is 0.258 e. The number of anilines is 1. The number of imidazole rings is 1. The number of aryl methyl sites for hydroxylation is 1. The summed E-state index contributed by atoms with van der Waals surface area (Å²) < 4.78 is 15.6. The van der Waals surface area contributed by atoms with Gasteiger partial charge in [-0.15, -0.1) is 0 Å². The number of pyridine rings is 2. The fraction of sp³-hybridized carbons (Fsp3) is 0.0417. The van der Waals surface area contributed by atoms with Crippen LogP contribution in [0.25, 0.3) is 28.2 Å². The first-order valence-corrected chi connectivity index (χ1v) is 10.4. The molecule has 0 aliphatic carbocycles. The van der Waals surface area contributed by atoms with Gasteiger partial charge in [-0.1, -0.05) is 11.6 Å². The van der Waals surface area contributed by atoms with E-state index in [1.54, 1.807) is 66.3 Å². The first-order valence-electron chi connectivity index (χ1n) is 9.99. The summed E-state index contributed by atoms with van der Waals surface area (Å²) in [5.74, 6) is -0.304. The fourth-order valence-electron chi connectivity index (χ4n) is 3.49. The second-order valence-electron chi connectivity index (χ2n) is 7.32. The number of halogens is 2. The van der Waals surface area contributed by atoms with Gasteiger partial charge in [0, 0.05) is 29.7 Å². The van der Waals surface area contributed by atoms with Crippen LogP contribution in [0.1, 0.15) is 15.9 Å². The molecule has 9 heteroatoms. The van der Waals surface area contributed by atoms with E-state index in [-0.39, 0.29) is 11.7 Å². The second kappa shape index (κ2) is 8.40. The van der Waals surface area contributed by atoms with Crippen molar-refractivity contribution in [2.75, 3.05) is 5.32 Å². The quantitative estimate of drug-likeness (QED) is 0.374. The summed E-state index contributed by atoms with van der Waals surface area (Å²) in [7, 11) is 0. The van der Waals surface area contributed by atoms with Gasteiger partial charge in [0.05, 0.1) is 11.3 Å². The molecule has 0 aliphatic heterocycles. The van der Waals surface area contributed by atoms with Gasteiger partial charge in [-0.3, -0.25) is 4.79 Å². The molecule has 33 heavy (non-hydrogen) atoms. The number of carbonyl (C=O) groups is 1. The number of benzene rings is 1. The summed E-state index contributed by atoms with van der Waals surface area (Å²) in [6, 6.07) is 15.2. The van der Waals surface area contributed by atoms with Gasteiger partial charge in [0.15, 0.2) is 5.65 Å². The SMILES string of the molecule is Cc1cc(-c2nc3cccnn3c2-c2ccnc(NC(=O)c3ccc(Cl)nc3)c2)ccc1F. The molecule has 1 amide bonds. The first kappa shape index (κ1) is 20.7. The van der Waals surface area contributed by atoms with E-state index in [1.165, 1.54) is 12.3 Å². The van der Waals surface area contributed by atoms with Crippen LogP contribution in [0.15, 0.2) is 73.2 Å². The van der Waals surface area contributed by atoms with E-state index in [1.807, 2.05) is 6.07 Å². The van der Waals surface area contributed by atoms with Crippen LogP contribution in [0.3, 0.4) is 0 Å². The van der Waals surface area contributed by atoms with Crippen molar-refractivity contribution in [2.45, 2.75) is 6.92 Å². The summed E-state index contributed by atoms with van der Waals surface area (Å²) in [6.45, 7) is 1.71. The lowest BCUT2D eigenvalue weighted by atomic mass is 10.0. The van der Waals surface area contributed by atoms with Gasteiger partial charge in [0.25, 0.3) is 5.91 Å². The molecule has 0 bridgehead atoms. The highest BCUT2D eigenvalue weighted by Crippen LogP contribution is 2.33. The summed E-state index contributed by atoms with van der Waals surface area (Å²) in [5, 5.41) is 7.51. The third kappa shape index (κ3) is 4.04. The molecule has 0 saturated heterocycles. The predicted molar refractivity (Wildman–Crippen MR) is 124 cm³/mol. The number of rotatable bonds is 4. The number of fused-ring (bicyclic) bond motifs is 1. The zero-order chi connectivity index (χ0) is 22.9. The number of aromatic nitrogens is 5. The minimum absolute atomic E-state index is 0.284. The molecule has 0 atom stereocenters. The zero-order valence-electron chi connectivity index (χ0n) is 17.3. The normalized spacial score (nSPS) is 11.0. The van der Waals surface area contributed by atoms with Crippen LogP contribution < -0.4 is 5.32 Å². The molecule has 5 aromatic rings. The van der Waals surface area contributed by atoms with E-state index in [2.05, 4.69) is 20.4 Å². The number of hydrogen-bond acceptors (Lipinski definition) is 5. The molecular weight excluding hydrogens is 443 g/mol. The Kier molecular flexibility index (Phi) is 5.27. The Morgan fingerprint density at radius 1 is 1.03 bits per heavy atom. The lowest BCUT2D eigenvalue weighted by Crippen LogP contribution is -2.13. The highest BCUT2D eigenvalue weighted by molar-refractivity contribution is 6.29. The maximum atomic E-state index is 13.9. The highest BCUT2D eigenvalue weighted by atomic mass is 35.5. The van der Waals surface area contributed by atoms with Crippen LogP contribution in [-0.4, -0.2) is 30.5 Å². The molecule has 162 valence electrons. The van der Waals surface area contributed by atoms with Crippen molar-refractivity contribution in [2.24, 2.45) is 0 Å². The van der Waals surface area contributed by atoms with Crippen molar-refractivity contribution in [3.8, 4) is 22.5 Å². The molecule has 4 heterocycles. The molecule has 0 aliphatic rings. The van der Waals surface area contributed by atoms with Crippen molar-refractivity contribution < 1.29 is 9.18 Å². The molecule has 0 unspecified atom stereocenters. The molecule has 0 spiro atoms. The Morgan fingerprint density at radius 3 is 2.70 bits per heavy atom. The van der Waals surface area contributed by atoms with Crippen molar-refractivity contribution >= 4 is 29.0 Å². The van der Waals surface area contributed by atoms with Crippen LogP contribution in [0, 0.1) is 12.7 Å². The van der Waals surface area contributed by atoms with Crippen LogP contribution >= 0.6 is 11.6 Å². The summed E-state index contributed by atoms with van der Waals surface area (Å²) >= 11 is 5.80. The lowest BCUT2D eigenvalue weighted by molar-refractivity contribution is 0.102. The standard InChI is InChI=1S/C24H16ClFN6O/c1-14-11-15(4-6-18(14)26)22-23(32-21(31-22)3-2-9-29-32)16-8-10-27-20(12-16)30-24(33)17-5-7-19(25)28-13-17/h2-13H,1H3,(H,27,30,33). The predicted octanol–water partition coefficient (Wildman–Crippen LogP) is 5.21. The van der Waals surface area contributed by atoms with E-state index in [9.17, 15) is 9.18 Å². The molecular formula is C24H16ClFN6O. The average Bonchev–Trinajstić information content (AvgIpc) is 3.21. The Morgan fingerprint density at radius 2 is 1.91 bits per heavy atom. The third-order valence-electron chi connectivity index (χ3n) is 5.09. The smallest absolute Gasteiger partial charge is 0.258 e. The van der Waals surface area contributed by atoms with Gasteiger partial charge >= 0.3 is 0 Å². The van der Waals surface area contributed by atoms with E-state index >= 15 is 0 Å². The minimum Gasteiger partial charge on any atom is -0.306 e. The molecule has 1 aromatic carbocycles. The summed E-state index contributed by atoms with van der Waals surface area (Å²) in [5.41, 5.74) is 4.33. The number of hydrogen-bond donors (Lipinski definition) is 1. The van der Waals surface area contributed by atoms with Gasteiger partial charge in [0.2, 0.25) is 0 Å². The van der Waals surface area contributed by atoms with Crippen LogP contribution in [0.2, 0.25) is 5.15 Å². The van der Waals surface area contributed by atoms with E-state index in [4.69, 9.17) is 16.6 Å². The fourth-order valence-corrected chi connectivity index (χ4v) is 3.60. The molecule has 0 fully saturated rings. The minimum atomic E-state index is -0.366. The number of nitrogens with one attached hydrogen (secondary N) is 1. The first-order chi connectivity index (χ1) is 16.0. The second-order valence-corrected chi connectivity index (χ2v) is 7.71. The number of nitrogens with zero attached hydrogens (tertiary/aromatic N) is 5. The van der Waals surface area contributed by atoms with Gasteiger partial charge in [-0.25, -0.2) is 23.9 Å². The molecule has 4 aromatic heterocycles. The Hall–Kier alpha value is -4.17. The van der Waals surface area contributed by atoms with Crippen molar-refractivity contribution in [1.82, 2.24) is 24.6 Å².